The number of benzene rings is 1. The number of hydrogen-bond donors (Lipinski definition) is 1. The Balaban J connectivity index is 1.89. The van der Waals surface area contributed by atoms with Crippen molar-refractivity contribution in [1.29, 1.82) is 0 Å². The number of nitrogens with zero attached hydrogens (tertiary/aromatic N) is 2. The van der Waals surface area contributed by atoms with E-state index >= 15 is 0 Å². The van der Waals surface area contributed by atoms with Crippen molar-refractivity contribution in [3.63, 3.8) is 0 Å². The fraction of sp³-hybridized carbons (Fsp3) is 0.357. The predicted octanol–water partition coefficient (Wildman–Crippen LogP) is 2.97. The van der Waals surface area contributed by atoms with Gasteiger partial charge in [0, 0.05) is 18.9 Å². The number of ether oxygens (including phenoxy) is 1. The molecule has 4 nitrogen and oxygen atoms in total. The van der Waals surface area contributed by atoms with Gasteiger partial charge in [-0.3, -0.25) is 4.57 Å². The summed E-state index contributed by atoms with van der Waals surface area (Å²) in [5.41, 5.74) is 1.03. The van der Waals surface area contributed by atoms with Crippen molar-refractivity contribution < 1.29 is 13.5 Å². The molecule has 0 spiro atoms. The van der Waals surface area contributed by atoms with Crippen LogP contribution < -0.4 is 10.1 Å². The standard InChI is InChI=1S/C14H17F2N3O/c1-2-20-12-5-3-4-11(8-12)9-17-10-13-18-6-7-19(13)14(15)16/h3-8,14,17H,2,9-10H2,1H3. The van der Waals surface area contributed by atoms with E-state index in [9.17, 15) is 8.78 Å². The zero-order valence-corrected chi connectivity index (χ0v) is 11.2. The van der Waals surface area contributed by atoms with E-state index in [2.05, 4.69) is 10.3 Å². The molecule has 1 aromatic carbocycles. The monoisotopic (exact) mass is 281 g/mol. The van der Waals surface area contributed by atoms with Gasteiger partial charge >= 0.3 is 6.55 Å². The van der Waals surface area contributed by atoms with Crippen LogP contribution in [0, 0.1) is 0 Å². The topological polar surface area (TPSA) is 39.1 Å². The molecule has 0 aliphatic rings. The fourth-order valence-corrected chi connectivity index (χ4v) is 1.89. The molecule has 6 heteroatoms. The van der Waals surface area contributed by atoms with Gasteiger partial charge in [-0.1, -0.05) is 12.1 Å². The van der Waals surface area contributed by atoms with Crippen LogP contribution in [0.25, 0.3) is 0 Å². The summed E-state index contributed by atoms with van der Waals surface area (Å²) >= 11 is 0. The number of alkyl halides is 2. The molecule has 0 aliphatic carbocycles. The average molecular weight is 281 g/mol. The van der Waals surface area contributed by atoms with Gasteiger partial charge in [0.05, 0.1) is 13.2 Å². The summed E-state index contributed by atoms with van der Waals surface area (Å²) in [5.74, 6) is 1.13. The first-order valence-corrected chi connectivity index (χ1v) is 6.43. The van der Waals surface area contributed by atoms with Crippen molar-refractivity contribution >= 4 is 0 Å². The number of hydrogen-bond acceptors (Lipinski definition) is 3. The molecule has 1 aromatic heterocycles. The van der Waals surface area contributed by atoms with Crippen LogP contribution in [0.1, 0.15) is 24.9 Å². The summed E-state index contributed by atoms with van der Waals surface area (Å²) in [7, 11) is 0. The second-order valence-electron chi connectivity index (χ2n) is 4.21. The van der Waals surface area contributed by atoms with Crippen LogP contribution >= 0.6 is 0 Å². The van der Waals surface area contributed by atoms with E-state index in [4.69, 9.17) is 4.74 Å². The summed E-state index contributed by atoms with van der Waals surface area (Å²) in [5, 5.41) is 3.10. The van der Waals surface area contributed by atoms with Crippen LogP contribution in [0.5, 0.6) is 5.75 Å². The Morgan fingerprint density at radius 2 is 2.20 bits per heavy atom. The smallest absolute Gasteiger partial charge is 0.319 e. The summed E-state index contributed by atoms with van der Waals surface area (Å²) in [6, 6.07) is 7.67. The van der Waals surface area contributed by atoms with Gasteiger partial charge in [0.15, 0.2) is 0 Å². The molecule has 0 unspecified atom stereocenters. The fourth-order valence-electron chi connectivity index (χ4n) is 1.89. The Kier molecular flexibility index (Phi) is 5.06. The molecule has 0 saturated heterocycles. The van der Waals surface area contributed by atoms with E-state index in [0.29, 0.717) is 19.0 Å². The lowest BCUT2D eigenvalue weighted by atomic mass is 10.2. The second-order valence-corrected chi connectivity index (χ2v) is 4.21. The highest BCUT2D eigenvalue weighted by molar-refractivity contribution is 5.28. The summed E-state index contributed by atoms with van der Waals surface area (Å²) < 4.78 is 31.5. The number of rotatable bonds is 7. The molecular formula is C14H17F2N3O. The van der Waals surface area contributed by atoms with Crippen LogP contribution in [0.3, 0.4) is 0 Å². The van der Waals surface area contributed by atoms with E-state index in [1.165, 1.54) is 12.4 Å². The quantitative estimate of drug-likeness (QED) is 0.848. The lowest BCUT2D eigenvalue weighted by Gasteiger charge is -2.09. The van der Waals surface area contributed by atoms with Crippen LogP contribution in [-0.4, -0.2) is 16.2 Å². The van der Waals surface area contributed by atoms with Gasteiger partial charge in [0.2, 0.25) is 0 Å². The van der Waals surface area contributed by atoms with Gasteiger partial charge in [-0.25, -0.2) is 4.98 Å². The molecule has 0 atom stereocenters. The zero-order chi connectivity index (χ0) is 14.4. The van der Waals surface area contributed by atoms with E-state index < -0.39 is 6.55 Å². The Bertz CT molecular complexity index is 543. The highest BCUT2D eigenvalue weighted by atomic mass is 19.3. The molecule has 0 amide bonds. The Morgan fingerprint density at radius 3 is 2.95 bits per heavy atom. The lowest BCUT2D eigenvalue weighted by Crippen LogP contribution is -2.17. The van der Waals surface area contributed by atoms with Crippen molar-refractivity contribution in [1.82, 2.24) is 14.9 Å². The lowest BCUT2D eigenvalue weighted by molar-refractivity contribution is 0.0666. The normalized spacial score (nSPS) is 11.0. The zero-order valence-electron chi connectivity index (χ0n) is 11.2. The van der Waals surface area contributed by atoms with Crippen molar-refractivity contribution in [2.75, 3.05) is 6.61 Å². The molecule has 1 N–H and O–H groups in total. The maximum atomic E-state index is 12.6. The maximum Gasteiger partial charge on any atom is 0.319 e. The van der Waals surface area contributed by atoms with E-state index in [-0.39, 0.29) is 6.54 Å². The molecule has 1 heterocycles. The molecule has 108 valence electrons. The number of nitrogens with one attached hydrogen (secondary N) is 1. The van der Waals surface area contributed by atoms with Gasteiger partial charge < -0.3 is 10.1 Å². The van der Waals surface area contributed by atoms with Crippen molar-refractivity contribution in [3.05, 3.63) is 48.0 Å². The first-order chi connectivity index (χ1) is 9.70. The first kappa shape index (κ1) is 14.5. The first-order valence-electron chi connectivity index (χ1n) is 6.43. The van der Waals surface area contributed by atoms with Gasteiger partial charge in [0.25, 0.3) is 0 Å². The molecule has 0 saturated carbocycles. The molecular weight excluding hydrogens is 264 g/mol. The molecule has 2 rings (SSSR count). The van der Waals surface area contributed by atoms with Gasteiger partial charge in [-0.2, -0.15) is 8.78 Å². The summed E-state index contributed by atoms with van der Waals surface area (Å²) in [6.07, 6.45) is 2.65. The van der Waals surface area contributed by atoms with Crippen molar-refractivity contribution in [2.24, 2.45) is 0 Å². The Morgan fingerprint density at radius 1 is 1.35 bits per heavy atom. The van der Waals surface area contributed by atoms with Gasteiger partial charge in [-0.05, 0) is 24.6 Å². The van der Waals surface area contributed by atoms with Crippen LogP contribution in [-0.2, 0) is 13.1 Å². The van der Waals surface area contributed by atoms with E-state index in [1.54, 1.807) is 0 Å². The summed E-state index contributed by atoms with van der Waals surface area (Å²) in [6.45, 7) is 0.834. The minimum Gasteiger partial charge on any atom is -0.494 e. The van der Waals surface area contributed by atoms with Crippen LogP contribution in [0.2, 0.25) is 0 Å². The van der Waals surface area contributed by atoms with Crippen LogP contribution in [0.4, 0.5) is 8.78 Å². The van der Waals surface area contributed by atoms with E-state index in [0.717, 1.165) is 15.9 Å². The third-order valence-corrected chi connectivity index (χ3v) is 2.78. The molecule has 0 aliphatic heterocycles. The third kappa shape index (κ3) is 3.77. The average Bonchev–Trinajstić information content (AvgIpc) is 2.88. The third-order valence-electron chi connectivity index (χ3n) is 2.78. The second kappa shape index (κ2) is 7.00. The number of imidazole rings is 1. The minimum absolute atomic E-state index is 0.288. The molecule has 20 heavy (non-hydrogen) atoms. The van der Waals surface area contributed by atoms with Crippen molar-refractivity contribution in [3.8, 4) is 5.75 Å². The van der Waals surface area contributed by atoms with Crippen LogP contribution in [0.15, 0.2) is 36.7 Å². The number of aromatic nitrogens is 2. The van der Waals surface area contributed by atoms with Gasteiger partial charge in [-0.15, -0.1) is 0 Å². The Labute approximate surface area is 116 Å². The van der Waals surface area contributed by atoms with Gasteiger partial charge in [0.1, 0.15) is 11.6 Å². The molecule has 0 fully saturated rings. The maximum absolute atomic E-state index is 12.6. The molecule has 0 radical (unpaired) electrons. The summed E-state index contributed by atoms with van der Waals surface area (Å²) in [4.78, 5) is 3.91. The minimum atomic E-state index is -2.56. The number of halogens is 2. The highest BCUT2D eigenvalue weighted by Crippen LogP contribution is 2.14. The molecule has 2 aromatic rings. The SMILES string of the molecule is CCOc1cccc(CNCc2nccn2C(F)F)c1. The Hall–Kier alpha value is -1.95. The van der Waals surface area contributed by atoms with E-state index in [1.807, 2.05) is 31.2 Å². The largest absolute Gasteiger partial charge is 0.494 e. The molecule has 0 bridgehead atoms. The predicted molar refractivity (Wildman–Crippen MR) is 71.6 cm³/mol. The highest BCUT2D eigenvalue weighted by Gasteiger charge is 2.10. The van der Waals surface area contributed by atoms with Crippen molar-refractivity contribution in [2.45, 2.75) is 26.6 Å².